The molecule has 6 heteroatoms. The van der Waals surface area contributed by atoms with Crippen LogP contribution < -0.4 is 4.74 Å². The van der Waals surface area contributed by atoms with E-state index in [-0.39, 0.29) is 11.9 Å². The van der Waals surface area contributed by atoms with Crippen LogP contribution in [0.4, 0.5) is 0 Å². The fraction of sp³-hybridized carbons (Fsp3) is 0.409. The summed E-state index contributed by atoms with van der Waals surface area (Å²) in [6, 6.07) is 12.0. The second kappa shape index (κ2) is 8.00. The highest BCUT2D eigenvalue weighted by Gasteiger charge is 2.29. The fourth-order valence-corrected chi connectivity index (χ4v) is 4.01. The van der Waals surface area contributed by atoms with E-state index in [4.69, 9.17) is 4.74 Å². The zero-order valence-electron chi connectivity index (χ0n) is 16.5. The summed E-state index contributed by atoms with van der Waals surface area (Å²) in [5.41, 5.74) is 3.98. The lowest BCUT2D eigenvalue weighted by Crippen LogP contribution is -2.39. The zero-order valence-corrected chi connectivity index (χ0v) is 16.5. The Morgan fingerprint density at radius 1 is 1.21 bits per heavy atom. The Hall–Kier alpha value is -2.89. The third-order valence-electron chi connectivity index (χ3n) is 5.46. The number of ether oxygens (including phenoxy) is 1. The lowest BCUT2D eigenvalue weighted by atomic mass is 9.98. The molecule has 3 aromatic rings. The van der Waals surface area contributed by atoms with Crippen molar-refractivity contribution in [2.24, 2.45) is 0 Å². The number of carbonyl (C=O) groups is 1. The van der Waals surface area contributed by atoms with Crippen molar-refractivity contribution in [2.75, 3.05) is 13.7 Å². The van der Waals surface area contributed by atoms with Crippen LogP contribution in [0, 0.1) is 6.92 Å². The van der Waals surface area contributed by atoms with Crippen LogP contribution in [0.15, 0.2) is 42.6 Å². The molecular weight excluding hydrogens is 352 g/mol. The van der Waals surface area contributed by atoms with E-state index < -0.39 is 0 Å². The summed E-state index contributed by atoms with van der Waals surface area (Å²) in [4.78, 5) is 19.5. The van der Waals surface area contributed by atoms with Crippen LogP contribution in [0.1, 0.15) is 48.7 Å². The molecule has 146 valence electrons. The van der Waals surface area contributed by atoms with E-state index in [0.29, 0.717) is 6.42 Å². The minimum Gasteiger partial charge on any atom is -0.497 e. The number of benzene rings is 1. The van der Waals surface area contributed by atoms with Crippen molar-refractivity contribution in [3.8, 4) is 5.75 Å². The molecule has 2 aromatic heterocycles. The van der Waals surface area contributed by atoms with Crippen LogP contribution >= 0.6 is 0 Å². The first kappa shape index (κ1) is 18.5. The van der Waals surface area contributed by atoms with Gasteiger partial charge in [0.1, 0.15) is 5.75 Å². The highest BCUT2D eigenvalue weighted by atomic mass is 16.5. The first-order valence-corrected chi connectivity index (χ1v) is 9.89. The van der Waals surface area contributed by atoms with E-state index in [0.717, 1.165) is 60.6 Å². The third kappa shape index (κ3) is 3.72. The molecule has 0 bridgehead atoms. The van der Waals surface area contributed by atoms with Gasteiger partial charge >= 0.3 is 0 Å². The average Bonchev–Trinajstić information content (AvgIpc) is 3.12. The maximum absolute atomic E-state index is 13.1. The molecule has 0 spiro atoms. The monoisotopic (exact) mass is 378 g/mol. The van der Waals surface area contributed by atoms with Crippen LogP contribution in [0.25, 0.3) is 5.65 Å². The molecule has 1 amide bonds. The van der Waals surface area contributed by atoms with Gasteiger partial charge in [-0.25, -0.2) is 9.50 Å². The number of piperidine rings is 1. The van der Waals surface area contributed by atoms with E-state index in [1.807, 2.05) is 58.9 Å². The Balaban J connectivity index is 1.52. The number of nitrogens with zero attached hydrogens (tertiary/aromatic N) is 4. The molecule has 1 aliphatic rings. The molecule has 28 heavy (non-hydrogen) atoms. The van der Waals surface area contributed by atoms with E-state index >= 15 is 0 Å². The Labute approximate surface area is 165 Å². The third-order valence-corrected chi connectivity index (χ3v) is 5.46. The van der Waals surface area contributed by atoms with Gasteiger partial charge < -0.3 is 9.64 Å². The highest BCUT2D eigenvalue weighted by Crippen LogP contribution is 2.31. The van der Waals surface area contributed by atoms with Crippen LogP contribution in [0.2, 0.25) is 0 Å². The summed E-state index contributed by atoms with van der Waals surface area (Å²) in [5, 5.41) is 4.60. The van der Waals surface area contributed by atoms with Crippen molar-refractivity contribution >= 4 is 11.6 Å². The number of aromatic nitrogens is 3. The molecule has 1 atom stereocenters. The average molecular weight is 378 g/mol. The zero-order chi connectivity index (χ0) is 19.5. The molecule has 4 rings (SSSR count). The summed E-state index contributed by atoms with van der Waals surface area (Å²) >= 11 is 0. The van der Waals surface area contributed by atoms with Gasteiger partial charge in [-0.2, -0.15) is 5.10 Å². The molecular formula is C22H26N4O2. The van der Waals surface area contributed by atoms with Crippen LogP contribution in [-0.2, 0) is 11.2 Å². The van der Waals surface area contributed by atoms with Gasteiger partial charge in [-0.3, -0.25) is 4.79 Å². The van der Waals surface area contributed by atoms with E-state index in [1.165, 1.54) is 0 Å². The second-order valence-electron chi connectivity index (χ2n) is 7.37. The fourth-order valence-electron chi connectivity index (χ4n) is 4.01. The van der Waals surface area contributed by atoms with Crippen molar-refractivity contribution in [1.29, 1.82) is 0 Å². The number of fused-ring (bicyclic) bond motifs is 1. The first-order chi connectivity index (χ1) is 13.7. The van der Waals surface area contributed by atoms with E-state index in [1.54, 1.807) is 7.11 Å². The van der Waals surface area contributed by atoms with E-state index in [2.05, 4.69) is 10.1 Å². The van der Waals surface area contributed by atoms with Crippen molar-refractivity contribution in [3.63, 3.8) is 0 Å². The Bertz CT molecular complexity index is 964. The summed E-state index contributed by atoms with van der Waals surface area (Å²) in [6.45, 7) is 2.77. The number of hydrogen-bond acceptors (Lipinski definition) is 4. The van der Waals surface area contributed by atoms with Crippen LogP contribution in [0.5, 0.6) is 5.75 Å². The Morgan fingerprint density at radius 2 is 2.04 bits per heavy atom. The molecule has 1 aromatic carbocycles. The van der Waals surface area contributed by atoms with Crippen molar-refractivity contribution in [1.82, 2.24) is 19.5 Å². The topological polar surface area (TPSA) is 59.7 Å². The summed E-state index contributed by atoms with van der Waals surface area (Å²) in [5.74, 6) is 1.04. The van der Waals surface area contributed by atoms with Gasteiger partial charge in [0, 0.05) is 25.2 Å². The summed E-state index contributed by atoms with van der Waals surface area (Å²) in [7, 11) is 1.66. The number of hydrogen-bond donors (Lipinski definition) is 0. The number of carbonyl (C=O) groups excluding carboxylic acids is 1. The molecule has 3 heterocycles. The lowest BCUT2D eigenvalue weighted by Gasteiger charge is -2.36. The van der Waals surface area contributed by atoms with Gasteiger partial charge in [0.25, 0.3) is 0 Å². The van der Waals surface area contributed by atoms with Crippen LogP contribution in [-0.4, -0.2) is 39.1 Å². The molecule has 0 radical (unpaired) electrons. The molecule has 1 fully saturated rings. The van der Waals surface area contributed by atoms with E-state index in [9.17, 15) is 4.79 Å². The second-order valence-corrected chi connectivity index (χ2v) is 7.37. The molecule has 1 saturated heterocycles. The molecule has 0 unspecified atom stereocenters. The summed E-state index contributed by atoms with van der Waals surface area (Å²) in [6.07, 6.45) is 6.20. The van der Waals surface area contributed by atoms with Gasteiger partial charge in [-0.15, -0.1) is 0 Å². The molecule has 0 aliphatic carbocycles. The molecule has 0 N–H and O–H groups in total. The number of methoxy groups -OCH3 is 1. The minimum atomic E-state index is 0.0573. The maximum atomic E-state index is 13.1. The smallest absolute Gasteiger partial charge is 0.223 e. The normalized spacial score (nSPS) is 17.1. The predicted molar refractivity (Wildman–Crippen MR) is 107 cm³/mol. The predicted octanol–water partition coefficient (Wildman–Crippen LogP) is 3.73. The SMILES string of the molecule is COc1ccc(CCC(=O)N2CCCC[C@H]2c2ccnc3cc(C)nn23)cc1. The number of aryl methyl sites for hydroxylation is 2. The van der Waals surface area contributed by atoms with Crippen LogP contribution in [0.3, 0.4) is 0 Å². The van der Waals surface area contributed by atoms with Crippen molar-refractivity contribution in [2.45, 2.75) is 45.1 Å². The van der Waals surface area contributed by atoms with Gasteiger partial charge in [0.15, 0.2) is 5.65 Å². The first-order valence-electron chi connectivity index (χ1n) is 9.89. The molecule has 0 saturated carbocycles. The standard InChI is InChI=1S/C22H26N4O2/c1-16-15-21-23-13-12-20(26(21)24-16)19-5-3-4-14-25(19)22(27)11-8-17-6-9-18(28-2)10-7-17/h6-7,9-10,12-13,15,19H,3-5,8,11,14H2,1-2H3/t19-/m0/s1. The largest absolute Gasteiger partial charge is 0.497 e. The lowest BCUT2D eigenvalue weighted by molar-refractivity contribution is -0.135. The molecule has 1 aliphatic heterocycles. The van der Waals surface area contributed by atoms with Gasteiger partial charge in [0.05, 0.1) is 24.5 Å². The van der Waals surface area contributed by atoms with Gasteiger partial charge in [0.2, 0.25) is 5.91 Å². The number of likely N-dealkylation sites (tertiary alicyclic amines) is 1. The Kier molecular flexibility index (Phi) is 5.28. The van der Waals surface area contributed by atoms with Crippen molar-refractivity contribution in [3.05, 3.63) is 59.5 Å². The van der Waals surface area contributed by atoms with Gasteiger partial charge in [-0.05, 0) is 56.4 Å². The highest BCUT2D eigenvalue weighted by molar-refractivity contribution is 5.77. The van der Waals surface area contributed by atoms with Gasteiger partial charge in [-0.1, -0.05) is 12.1 Å². The molecule has 6 nitrogen and oxygen atoms in total. The summed E-state index contributed by atoms with van der Waals surface area (Å²) < 4.78 is 7.10. The number of rotatable bonds is 5. The quantitative estimate of drug-likeness (QED) is 0.679. The van der Waals surface area contributed by atoms with Crippen molar-refractivity contribution < 1.29 is 9.53 Å². The number of amides is 1. The minimum absolute atomic E-state index is 0.0573. The maximum Gasteiger partial charge on any atom is 0.223 e. The Morgan fingerprint density at radius 3 is 2.82 bits per heavy atom.